The summed E-state index contributed by atoms with van der Waals surface area (Å²) < 4.78 is 5.26. The fourth-order valence-electron chi connectivity index (χ4n) is 2.72. The van der Waals surface area contributed by atoms with E-state index in [-0.39, 0.29) is 12.1 Å². The maximum Gasteiger partial charge on any atom is 0.326 e. The molecule has 0 aromatic carbocycles. The van der Waals surface area contributed by atoms with Crippen molar-refractivity contribution in [3.63, 3.8) is 0 Å². The average Bonchev–Trinajstić information content (AvgIpc) is 2.87. The van der Waals surface area contributed by atoms with Gasteiger partial charge in [-0.2, -0.15) is 0 Å². The summed E-state index contributed by atoms with van der Waals surface area (Å²) in [6, 6.07) is -0.771. The summed E-state index contributed by atoms with van der Waals surface area (Å²) in [7, 11) is 1.68. The van der Waals surface area contributed by atoms with Gasteiger partial charge < -0.3 is 19.6 Å². The van der Waals surface area contributed by atoms with Crippen molar-refractivity contribution in [2.45, 2.75) is 37.8 Å². The largest absolute Gasteiger partial charge is 0.480 e. The van der Waals surface area contributed by atoms with Crippen LogP contribution < -0.4 is 0 Å². The van der Waals surface area contributed by atoms with Gasteiger partial charge in [0.05, 0.1) is 6.10 Å². The fourth-order valence-corrected chi connectivity index (χ4v) is 2.72. The Kier molecular flexibility index (Phi) is 4.06. The highest BCUT2D eigenvalue weighted by Gasteiger charge is 2.37. The number of piperidine rings is 1. The van der Waals surface area contributed by atoms with Crippen LogP contribution in [-0.2, 0) is 9.53 Å². The molecule has 0 saturated carbocycles. The van der Waals surface area contributed by atoms with Gasteiger partial charge >= 0.3 is 12.0 Å². The molecule has 2 aliphatic heterocycles. The minimum atomic E-state index is -0.896. The molecule has 0 aromatic heterocycles. The van der Waals surface area contributed by atoms with Crippen LogP contribution in [0.15, 0.2) is 0 Å². The lowest BCUT2D eigenvalue weighted by molar-refractivity contribution is -0.141. The average molecular weight is 256 g/mol. The molecule has 2 amide bonds. The van der Waals surface area contributed by atoms with E-state index in [1.54, 1.807) is 12.0 Å². The lowest BCUT2D eigenvalue weighted by atomic mass is 10.1. The van der Waals surface area contributed by atoms with Crippen molar-refractivity contribution in [1.29, 1.82) is 0 Å². The van der Waals surface area contributed by atoms with Crippen LogP contribution in [0.3, 0.4) is 0 Å². The highest BCUT2D eigenvalue weighted by Crippen LogP contribution is 2.21. The number of carbonyl (C=O) groups is 2. The Morgan fingerprint density at radius 1 is 1.17 bits per heavy atom. The predicted octanol–water partition coefficient (Wildman–Crippen LogP) is 0.766. The van der Waals surface area contributed by atoms with Gasteiger partial charge in [-0.3, -0.25) is 0 Å². The van der Waals surface area contributed by atoms with E-state index >= 15 is 0 Å². The molecule has 2 heterocycles. The van der Waals surface area contributed by atoms with Crippen molar-refractivity contribution in [3.05, 3.63) is 0 Å². The van der Waals surface area contributed by atoms with Crippen LogP contribution in [0.25, 0.3) is 0 Å². The molecule has 0 bridgehead atoms. The molecule has 0 aromatic rings. The lowest BCUT2D eigenvalue weighted by Gasteiger charge is -2.35. The number of carbonyl (C=O) groups excluding carboxylic acids is 1. The maximum atomic E-state index is 12.3. The fraction of sp³-hybridized carbons (Fsp3) is 0.833. The van der Waals surface area contributed by atoms with Crippen molar-refractivity contribution < 1.29 is 19.4 Å². The number of ether oxygens (including phenoxy) is 1. The Balaban J connectivity index is 1.93. The van der Waals surface area contributed by atoms with Gasteiger partial charge in [0, 0.05) is 26.7 Å². The molecule has 1 N–H and O–H groups in total. The normalized spacial score (nSPS) is 25.5. The van der Waals surface area contributed by atoms with E-state index in [9.17, 15) is 9.59 Å². The van der Waals surface area contributed by atoms with E-state index < -0.39 is 12.0 Å². The third-order valence-electron chi connectivity index (χ3n) is 3.83. The Labute approximate surface area is 106 Å². The van der Waals surface area contributed by atoms with Gasteiger partial charge in [-0.1, -0.05) is 0 Å². The molecule has 2 rings (SSSR count). The van der Waals surface area contributed by atoms with E-state index in [1.807, 2.05) is 0 Å². The highest BCUT2D eigenvalue weighted by molar-refractivity contribution is 5.83. The molecule has 0 unspecified atom stereocenters. The lowest BCUT2D eigenvalue weighted by Crippen LogP contribution is -2.50. The van der Waals surface area contributed by atoms with E-state index in [0.717, 1.165) is 19.3 Å². The SMILES string of the molecule is COC1CCN(C(=O)N2CCC[C@H]2C(=O)O)CC1. The number of amides is 2. The number of carboxylic acids is 1. The minimum Gasteiger partial charge on any atom is -0.480 e. The van der Waals surface area contributed by atoms with Crippen LogP contribution in [0.4, 0.5) is 4.79 Å². The highest BCUT2D eigenvalue weighted by atomic mass is 16.5. The van der Waals surface area contributed by atoms with E-state index in [1.165, 1.54) is 4.90 Å². The topological polar surface area (TPSA) is 70.1 Å². The second-order valence-electron chi connectivity index (χ2n) is 4.89. The van der Waals surface area contributed by atoms with Crippen LogP contribution in [0.2, 0.25) is 0 Å². The van der Waals surface area contributed by atoms with Crippen LogP contribution in [0.5, 0.6) is 0 Å². The van der Waals surface area contributed by atoms with Gasteiger partial charge in [0.2, 0.25) is 0 Å². The first kappa shape index (κ1) is 13.1. The summed E-state index contributed by atoms with van der Waals surface area (Å²) in [6.45, 7) is 1.86. The second-order valence-corrected chi connectivity index (χ2v) is 4.89. The first-order valence-corrected chi connectivity index (χ1v) is 6.44. The van der Waals surface area contributed by atoms with Gasteiger partial charge in [0.1, 0.15) is 6.04 Å². The molecule has 18 heavy (non-hydrogen) atoms. The first-order chi connectivity index (χ1) is 8.63. The number of aliphatic carboxylic acids is 1. The standard InChI is InChI=1S/C12H20N2O4/c1-18-9-4-7-13(8-5-9)12(17)14-6-2-3-10(14)11(15)16/h9-10H,2-8H2,1H3,(H,15,16)/t10-/m0/s1. The zero-order valence-corrected chi connectivity index (χ0v) is 10.7. The second kappa shape index (κ2) is 5.56. The number of rotatable bonds is 2. The summed E-state index contributed by atoms with van der Waals surface area (Å²) in [5, 5.41) is 9.08. The molecule has 6 nitrogen and oxygen atoms in total. The van der Waals surface area contributed by atoms with Crippen molar-refractivity contribution in [1.82, 2.24) is 9.80 Å². The number of urea groups is 1. The Morgan fingerprint density at radius 2 is 1.83 bits per heavy atom. The number of hydrogen-bond acceptors (Lipinski definition) is 3. The van der Waals surface area contributed by atoms with Gasteiger partial charge in [0.25, 0.3) is 0 Å². The summed E-state index contributed by atoms with van der Waals surface area (Å²) in [5.41, 5.74) is 0. The summed E-state index contributed by atoms with van der Waals surface area (Å²) in [4.78, 5) is 26.6. The van der Waals surface area contributed by atoms with Crippen molar-refractivity contribution in [3.8, 4) is 0 Å². The van der Waals surface area contributed by atoms with Crippen molar-refractivity contribution in [2.75, 3.05) is 26.7 Å². The Bertz CT molecular complexity index is 326. The van der Waals surface area contributed by atoms with E-state index in [0.29, 0.717) is 26.1 Å². The van der Waals surface area contributed by atoms with Crippen LogP contribution in [0.1, 0.15) is 25.7 Å². The molecule has 0 spiro atoms. The molecule has 2 fully saturated rings. The predicted molar refractivity (Wildman–Crippen MR) is 64.4 cm³/mol. The Morgan fingerprint density at radius 3 is 2.39 bits per heavy atom. The van der Waals surface area contributed by atoms with Crippen molar-refractivity contribution in [2.24, 2.45) is 0 Å². The third-order valence-corrected chi connectivity index (χ3v) is 3.83. The first-order valence-electron chi connectivity index (χ1n) is 6.44. The molecular weight excluding hydrogens is 236 g/mol. The van der Waals surface area contributed by atoms with Gasteiger partial charge in [0.15, 0.2) is 0 Å². The number of likely N-dealkylation sites (tertiary alicyclic amines) is 2. The zero-order valence-electron chi connectivity index (χ0n) is 10.7. The van der Waals surface area contributed by atoms with Crippen LogP contribution >= 0.6 is 0 Å². The summed E-state index contributed by atoms with van der Waals surface area (Å²) in [5.74, 6) is -0.896. The molecule has 2 aliphatic rings. The number of nitrogens with zero attached hydrogens (tertiary/aromatic N) is 2. The zero-order chi connectivity index (χ0) is 13.1. The quantitative estimate of drug-likeness (QED) is 0.792. The Hall–Kier alpha value is -1.30. The molecular formula is C12H20N2O4. The summed E-state index contributed by atoms with van der Waals surface area (Å²) in [6.07, 6.45) is 3.22. The van der Waals surface area contributed by atoms with E-state index in [4.69, 9.17) is 9.84 Å². The minimum absolute atomic E-state index is 0.130. The maximum absolute atomic E-state index is 12.3. The molecule has 0 aliphatic carbocycles. The molecule has 1 atom stereocenters. The number of methoxy groups -OCH3 is 1. The van der Waals surface area contributed by atoms with E-state index in [2.05, 4.69) is 0 Å². The van der Waals surface area contributed by atoms with Gasteiger partial charge in [-0.25, -0.2) is 9.59 Å². The summed E-state index contributed by atoms with van der Waals surface area (Å²) >= 11 is 0. The smallest absolute Gasteiger partial charge is 0.326 e. The number of hydrogen-bond donors (Lipinski definition) is 1. The van der Waals surface area contributed by atoms with Crippen LogP contribution in [-0.4, -0.2) is 65.8 Å². The monoisotopic (exact) mass is 256 g/mol. The number of carboxylic acid groups (broad SMARTS) is 1. The third kappa shape index (κ3) is 2.58. The van der Waals surface area contributed by atoms with Crippen LogP contribution in [0, 0.1) is 0 Å². The molecule has 6 heteroatoms. The molecule has 2 saturated heterocycles. The molecule has 0 radical (unpaired) electrons. The van der Waals surface area contributed by atoms with Crippen molar-refractivity contribution >= 4 is 12.0 Å². The molecule has 102 valence electrons. The van der Waals surface area contributed by atoms with Gasteiger partial charge in [-0.15, -0.1) is 0 Å². The van der Waals surface area contributed by atoms with Gasteiger partial charge in [-0.05, 0) is 25.7 Å².